The Morgan fingerprint density at radius 3 is 2.39 bits per heavy atom. The lowest BCUT2D eigenvalue weighted by Crippen LogP contribution is -2.49. The van der Waals surface area contributed by atoms with Gasteiger partial charge in [0.05, 0.1) is 13.2 Å². The van der Waals surface area contributed by atoms with Gasteiger partial charge in [-0.25, -0.2) is 0 Å². The molecule has 0 saturated carbocycles. The Morgan fingerprint density at radius 1 is 1.11 bits per heavy atom. The molecule has 0 aromatic carbocycles. The molecule has 2 saturated heterocycles. The first-order valence-corrected chi connectivity index (χ1v) is 6.66. The van der Waals surface area contributed by atoms with Crippen molar-refractivity contribution in [2.24, 2.45) is 0 Å². The van der Waals surface area contributed by atoms with Crippen molar-refractivity contribution in [3.8, 4) is 0 Å². The second-order valence-corrected chi connectivity index (χ2v) is 5.25. The Bertz CT molecular complexity index is 246. The van der Waals surface area contributed by atoms with E-state index in [0.717, 1.165) is 38.9 Å². The van der Waals surface area contributed by atoms with Crippen molar-refractivity contribution < 1.29 is 17.9 Å². The van der Waals surface area contributed by atoms with E-state index < -0.39 is 12.7 Å². The number of nitrogens with zero attached hydrogens (tertiary/aromatic N) is 1. The van der Waals surface area contributed by atoms with Crippen LogP contribution < -0.4 is 5.32 Å². The molecule has 0 aromatic heterocycles. The van der Waals surface area contributed by atoms with Gasteiger partial charge < -0.3 is 10.1 Å². The molecule has 1 atom stereocenters. The fraction of sp³-hybridized carbons (Fsp3) is 1.00. The molecule has 2 aliphatic heterocycles. The van der Waals surface area contributed by atoms with E-state index >= 15 is 0 Å². The van der Waals surface area contributed by atoms with E-state index in [1.807, 2.05) is 0 Å². The highest BCUT2D eigenvalue weighted by Gasteiger charge is 2.32. The first kappa shape index (κ1) is 14.1. The third kappa shape index (κ3) is 4.74. The zero-order valence-electron chi connectivity index (χ0n) is 10.5. The normalized spacial score (nSPS) is 28.5. The molecule has 2 fully saturated rings. The fourth-order valence-electron chi connectivity index (χ4n) is 2.72. The van der Waals surface area contributed by atoms with Crippen LogP contribution in [0.5, 0.6) is 0 Å². The number of rotatable bonds is 3. The van der Waals surface area contributed by atoms with Crippen LogP contribution in [-0.2, 0) is 4.74 Å². The molecule has 2 rings (SSSR count). The van der Waals surface area contributed by atoms with Crippen LogP contribution in [0, 0.1) is 0 Å². The van der Waals surface area contributed by atoms with Crippen molar-refractivity contribution in [3.05, 3.63) is 0 Å². The van der Waals surface area contributed by atoms with Crippen LogP contribution in [0.3, 0.4) is 0 Å². The quantitative estimate of drug-likeness (QED) is 0.842. The molecular weight excluding hydrogens is 245 g/mol. The molecule has 6 heteroatoms. The highest BCUT2D eigenvalue weighted by atomic mass is 19.4. The van der Waals surface area contributed by atoms with E-state index in [0.29, 0.717) is 25.2 Å². The predicted octanol–water partition coefficient (Wildman–Crippen LogP) is 1.78. The zero-order valence-corrected chi connectivity index (χ0v) is 10.5. The summed E-state index contributed by atoms with van der Waals surface area (Å²) in [5.74, 6) is 0. The summed E-state index contributed by atoms with van der Waals surface area (Å²) < 4.78 is 42.1. The second-order valence-electron chi connectivity index (χ2n) is 5.25. The van der Waals surface area contributed by atoms with Gasteiger partial charge in [0, 0.05) is 18.7 Å². The number of hydrogen-bond donors (Lipinski definition) is 1. The maximum absolute atomic E-state index is 12.2. The lowest BCUT2D eigenvalue weighted by Gasteiger charge is -2.35. The Hall–Kier alpha value is -0.330. The van der Waals surface area contributed by atoms with Gasteiger partial charge in [-0.2, -0.15) is 13.2 Å². The van der Waals surface area contributed by atoms with E-state index in [-0.39, 0.29) is 0 Å². The molecule has 0 aliphatic carbocycles. The summed E-state index contributed by atoms with van der Waals surface area (Å²) in [7, 11) is 0. The minimum absolute atomic E-state index is 0.348. The standard InChI is InChI=1S/C12H21F3N2O/c13-12(14,15)9-17-5-3-10(4-6-17)16-11-2-1-7-18-8-11/h10-11,16H,1-9H2. The Labute approximate surface area is 106 Å². The van der Waals surface area contributed by atoms with Crippen LogP contribution in [0.15, 0.2) is 0 Å². The number of ether oxygens (including phenoxy) is 1. The number of piperidine rings is 1. The Morgan fingerprint density at radius 2 is 1.83 bits per heavy atom. The van der Waals surface area contributed by atoms with E-state index in [1.165, 1.54) is 4.90 Å². The number of hydrogen-bond acceptors (Lipinski definition) is 3. The van der Waals surface area contributed by atoms with Crippen LogP contribution in [0.25, 0.3) is 0 Å². The highest BCUT2D eigenvalue weighted by molar-refractivity contribution is 4.82. The van der Waals surface area contributed by atoms with Crippen molar-refractivity contribution in [1.29, 1.82) is 0 Å². The van der Waals surface area contributed by atoms with Crippen LogP contribution in [-0.4, -0.2) is 56.0 Å². The molecule has 106 valence electrons. The zero-order chi connectivity index (χ0) is 13.0. The highest BCUT2D eigenvalue weighted by Crippen LogP contribution is 2.20. The molecule has 1 unspecified atom stereocenters. The molecule has 0 amide bonds. The number of nitrogens with one attached hydrogen (secondary N) is 1. The average Bonchev–Trinajstić information content (AvgIpc) is 2.31. The molecule has 0 bridgehead atoms. The number of halogens is 3. The lowest BCUT2D eigenvalue weighted by molar-refractivity contribution is -0.148. The van der Waals surface area contributed by atoms with Gasteiger partial charge in [0.1, 0.15) is 0 Å². The van der Waals surface area contributed by atoms with Crippen molar-refractivity contribution in [3.63, 3.8) is 0 Å². The maximum Gasteiger partial charge on any atom is 0.401 e. The van der Waals surface area contributed by atoms with Gasteiger partial charge in [0.15, 0.2) is 0 Å². The van der Waals surface area contributed by atoms with Crippen LogP contribution in [0.2, 0.25) is 0 Å². The second kappa shape index (κ2) is 6.21. The maximum atomic E-state index is 12.2. The first-order valence-electron chi connectivity index (χ1n) is 6.66. The monoisotopic (exact) mass is 266 g/mol. The number of likely N-dealkylation sites (tertiary alicyclic amines) is 1. The molecule has 1 N–H and O–H groups in total. The van der Waals surface area contributed by atoms with Crippen LogP contribution >= 0.6 is 0 Å². The minimum Gasteiger partial charge on any atom is -0.380 e. The summed E-state index contributed by atoms with van der Waals surface area (Å²) in [5.41, 5.74) is 0. The molecule has 0 aromatic rings. The topological polar surface area (TPSA) is 24.5 Å². The van der Waals surface area contributed by atoms with Crippen molar-refractivity contribution in [2.75, 3.05) is 32.8 Å². The third-order valence-electron chi connectivity index (χ3n) is 3.62. The van der Waals surface area contributed by atoms with Crippen molar-refractivity contribution in [2.45, 2.75) is 43.9 Å². The van der Waals surface area contributed by atoms with Gasteiger partial charge in [-0.15, -0.1) is 0 Å². The average molecular weight is 266 g/mol. The van der Waals surface area contributed by atoms with Crippen LogP contribution in [0.1, 0.15) is 25.7 Å². The summed E-state index contributed by atoms with van der Waals surface area (Å²) in [5, 5.41) is 3.51. The largest absolute Gasteiger partial charge is 0.401 e. The van der Waals surface area contributed by atoms with Gasteiger partial charge in [0.25, 0.3) is 0 Å². The van der Waals surface area contributed by atoms with Crippen LogP contribution in [0.4, 0.5) is 13.2 Å². The van der Waals surface area contributed by atoms with E-state index in [9.17, 15) is 13.2 Å². The molecule has 3 nitrogen and oxygen atoms in total. The summed E-state index contributed by atoms with van der Waals surface area (Å²) in [4.78, 5) is 1.50. The van der Waals surface area contributed by atoms with Crippen molar-refractivity contribution >= 4 is 0 Å². The summed E-state index contributed by atoms with van der Waals surface area (Å²) in [6.07, 6.45) is -0.288. The smallest absolute Gasteiger partial charge is 0.380 e. The third-order valence-corrected chi connectivity index (χ3v) is 3.62. The SMILES string of the molecule is FC(F)(F)CN1CCC(NC2CCCOC2)CC1. The fourth-order valence-corrected chi connectivity index (χ4v) is 2.72. The van der Waals surface area contributed by atoms with Crippen molar-refractivity contribution in [1.82, 2.24) is 10.2 Å². The molecule has 18 heavy (non-hydrogen) atoms. The lowest BCUT2D eigenvalue weighted by atomic mass is 10.0. The summed E-state index contributed by atoms with van der Waals surface area (Å²) >= 11 is 0. The molecule has 0 spiro atoms. The molecule has 2 heterocycles. The van der Waals surface area contributed by atoms with Gasteiger partial charge in [-0.1, -0.05) is 0 Å². The van der Waals surface area contributed by atoms with Gasteiger partial charge in [-0.3, -0.25) is 4.90 Å². The van der Waals surface area contributed by atoms with E-state index in [1.54, 1.807) is 0 Å². The van der Waals surface area contributed by atoms with E-state index in [2.05, 4.69) is 5.32 Å². The summed E-state index contributed by atoms with van der Waals surface area (Å²) in [6.45, 7) is 1.87. The van der Waals surface area contributed by atoms with Gasteiger partial charge in [0.2, 0.25) is 0 Å². The predicted molar refractivity (Wildman–Crippen MR) is 62.5 cm³/mol. The Balaban J connectivity index is 1.66. The Kier molecular flexibility index (Phi) is 4.86. The minimum atomic E-state index is -4.07. The molecular formula is C12H21F3N2O. The number of alkyl halides is 3. The summed E-state index contributed by atoms with van der Waals surface area (Å²) in [6, 6.07) is 0.735. The van der Waals surface area contributed by atoms with E-state index in [4.69, 9.17) is 4.74 Å². The van der Waals surface area contributed by atoms with Gasteiger partial charge >= 0.3 is 6.18 Å². The van der Waals surface area contributed by atoms with Gasteiger partial charge in [-0.05, 0) is 38.8 Å². The molecule has 2 aliphatic rings. The molecule has 0 radical (unpaired) electrons. The first-order chi connectivity index (χ1) is 8.53.